The summed E-state index contributed by atoms with van der Waals surface area (Å²) in [7, 11) is 1.91. The van der Waals surface area contributed by atoms with Gasteiger partial charge >= 0.3 is 0 Å². The summed E-state index contributed by atoms with van der Waals surface area (Å²) in [5, 5.41) is 9.14. The van der Waals surface area contributed by atoms with E-state index in [0.29, 0.717) is 5.56 Å². The lowest BCUT2D eigenvalue weighted by atomic mass is 10.1. The smallest absolute Gasteiger partial charge is 0.136 e. The van der Waals surface area contributed by atoms with Crippen molar-refractivity contribution < 1.29 is 0 Å². The van der Waals surface area contributed by atoms with Gasteiger partial charge in [-0.25, -0.2) is 9.97 Å². The van der Waals surface area contributed by atoms with Crippen molar-refractivity contribution in [1.29, 1.82) is 5.26 Å². The average Bonchev–Trinajstić information content (AvgIpc) is 2.47. The lowest BCUT2D eigenvalue weighted by Crippen LogP contribution is -2.13. The molecule has 19 heavy (non-hydrogen) atoms. The monoisotopic (exact) mass is 252 g/mol. The summed E-state index contributed by atoms with van der Waals surface area (Å²) in [6, 6.07) is 11.7. The molecule has 4 nitrogen and oxygen atoms in total. The highest BCUT2D eigenvalue weighted by atomic mass is 15.2. The van der Waals surface area contributed by atoms with Gasteiger partial charge in [-0.15, -0.1) is 0 Å². The lowest BCUT2D eigenvalue weighted by molar-refractivity contribution is 0.869. The summed E-state index contributed by atoms with van der Waals surface area (Å²) in [5.74, 6) is 0.807. The molecule has 96 valence electrons. The van der Waals surface area contributed by atoms with Crippen LogP contribution in [0.1, 0.15) is 24.6 Å². The number of nitriles is 1. The van der Waals surface area contributed by atoms with Crippen LogP contribution in [-0.2, 0) is 6.42 Å². The summed E-state index contributed by atoms with van der Waals surface area (Å²) in [6.45, 7) is 2.12. The first-order valence-electron chi connectivity index (χ1n) is 6.30. The molecule has 0 bridgehead atoms. The largest absolute Gasteiger partial charge is 0.328 e. The quantitative estimate of drug-likeness (QED) is 0.839. The van der Waals surface area contributed by atoms with Gasteiger partial charge in [0.15, 0.2) is 0 Å². The molecule has 0 saturated heterocycles. The SMILES string of the molecule is CCCc1cc(N(C)c2ccccc2C#N)ncn1. The van der Waals surface area contributed by atoms with E-state index in [9.17, 15) is 0 Å². The summed E-state index contributed by atoms with van der Waals surface area (Å²) in [4.78, 5) is 10.4. The minimum absolute atomic E-state index is 0.639. The van der Waals surface area contributed by atoms with Gasteiger partial charge in [0.05, 0.1) is 11.3 Å². The van der Waals surface area contributed by atoms with Crippen LogP contribution < -0.4 is 4.90 Å². The molecule has 0 radical (unpaired) electrons. The number of anilines is 2. The van der Waals surface area contributed by atoms with Crippen molar-refractivity contribution >= 4 is 11.5 Å². The van der Waals surface area contributed by atoms with Crippen LogP contribution in [0.25, 0.3) is 0 Å². The van der Waals surface area contributed by atoms with Gasteiger partial charge in [0, 0.05) is 18.8 Å². The van der Waals surface area contributed by atoms with Crippen LogP contribution in [0, 0.1) is 11.3 Å². The van der Waals surface area contributed by atoms with Gasteiger partial charge in [0.25, 0.3) is 0 Å². The van der Waals surface area contributed by atoms with Crippen molar-refractivity contribution in [2.45, 2.75) is 19.8 Å². The number of benzene rings is 1. The van der Waals surface area contributed by atoms with Crippen molar-refractivity contribution in [3.05, 3.63) is 47.9 Å². The van der Waals surface area contributed by atoms with Crippen molar-refractivity contribution in [1.82, 2.24) is 9.97 Å². The van der Waals surface area contributed by atoms with Crippen LogP contribution in [0.2, 0.25) is 0 Å². The van der Waals surface area contributed by atoms with Gasteiger partial charge < -0.3 is 4.90 Å². The Kier molecular flexibility index (Phi) is 4.09. The number of hydrogen-bond donors (Lipinski definition) is 0. The molecule has 0 aliphatic carbocycles. The Labute approximate surface area is 113 Å². The third kappa shape index (κ3) is 2.89. The molecule has 0 aliphatic rings. The van der Waals surface area contributed by atoms with E-state index < -0.39 is 0 Å². The van der Waals surface area contributed by atoms with Gasteiger partial charge in [0.1, 0.15) is 18.2 Å². The number of aryl methyl sites for hydroxylation is 1. The molecule has 0 N–H and O–H groups in total. The van der Waals surface area contributed by atoms with Gasteiger partial charge in [-0.3, -0.25) is 0 Å². The number of nitrogens with zero attached hydrogens (tertiary/aromatic N) is 4. The highest BCUT2D eigenvalue weighted by molar-refractivity contribution is 5.66. The van der Waals surface area contributed by atoms with Crippen LogP contribution in [0.5, 0.6) is 0 Å². The molecule has 0 unspecified atom stereocenters. The first kappa shape index (κ1) is 13.0. The molecule has 2 rings (SSSR count). The molecule has 2 aromatic rings. The zero-order chi connectivity index (χ0) is 13.7. The Bertz CT molecular complexity index is 601. The number of para-hydroxylation sites is 1. The van der Waals surface area contributed by atoms with Crippen LogP contribution in [0.15, 0.2) is 36.7 Å². The van der Waals surface area contributed by atoms with E-state index in [-0.39, 0.29) is 0 Å². The van der Waals surface area contributed by atoms with E-state index in [1.165, 1.54) is 0 Å². The normalized spacial score (nSPS) is 9.95. The van der Waals surface area contributed by atoms with Crippen molar-refractivity contribution in [3.63, 3.8) is 0 Å². The molecule has 0 spiro atoms. The standard InChI is InChI=1S/C15H16N4/c1-3-6-13-9-15(18-11-17-13)19(2)14-8-5-4-7-12(14)10-16/h4-5,7-9,11H,3,6H2,1-2H3. The third-order valence-corrected chi connectivity index (χ3v) is 2.94. The first-order valence-corrected chi connectivity index (χ1v) is 6.30. The van der Waals surface area contributed by atoms with Gasteiger partial charge in [-0.1, -0.05) is 25.5 Å². The maximum absolute atomic E-state index is 9.14. The topological polar surface area (TPSA) is 52.8 Å². The number of hydrogen-bond acceptors (Lipinski definition) is 4. The highest BCUT2D eigenvalue weighted by Gasteiger charge is 2.10. The molecule has 0 atom stereocenters. The van der Waals surface area contributed by atoms with Gasteiger partial charge in [-0.05, 0) is 18.6 Å². The lowest BCUT2D eigenvalue weighted by Gasteiger charge is -2.19. The fraction of sp³-hybridized carbons (Fsp3) is 0.267. The Morgan fingerprint density at radius 2 is 2.05 bits per heavy atom. The van der Waals surface area contributed by atoms with Crippen molar-refractivity contribution in [2.24, 2.45) is 0 Å². The van der Waals surface area contributed by atoms with Crippen LogP contribution in [0.3, 0.4) is 0 Å². The fourth-order valence-electron chi connectivity index (χ4n) is 1.95. The Morgan fingerprint density at radius 3 is 2.79 bits per heavy atom. The molecule has 0 amide bonds. The second kappa shape index (κ2) is 5.96. The second-order valence-electron chi connectivity index (χ2n) is 4.31. The van der Waals surface area contributed by atoms with E-state index in [1.807, 2.05) is 36.2 Å². The van der Waals surface area contributed by atoms with Crippen molar-refractivity contribution in [3.8, 4) is 6.07 Å². The Morgan fingerprint density at radius 1 is 1.26 bits per heavy atom. The predicted molar refractivity (Wildman–Crippen MR) is 75.2 cm³/mol. The van der Waals surface area contributed by atoms with E-state index in [1.54, 1.807) is 12.4 Å². The summed E-state index contributed by atoms with van der Waals surface area (Å²) < 4.78 is 0. The summed E-state index contributed by atoms with van der Waals surface area (Å²) in [5.41, 5.74) is 2.51. The molecular weight excluding hydrogens is 236 g/mol. The zero-order valence-electron chi connectivity index (χ0n) is 11.2. The van der Waals surface area contributed by atoms with E-state index >= 15 is 0 Å². The molecule has 0 fully saturated rings. The highest BCUT2D eigenvalue weighted by Crippen LogP contribution is 2.25. The third-order valence-electron chi connectivity index (χ3n) is 2.94. The van der Waals surface area contributed by atoms with Crippen molar-refractivity contribution in [2.75, 3.05) is 11.9 Å². The van der Waals surface area contributed by atoms with E-state index in [4.69, 9.17) is 5.26 Å². The van der Waals surface area contributed by atoms with E-state index in [2.05, 4.69) is 23.0 Å². The minimum Gasteiger partial charge on any atom is -0.328 e. The maximum Gasteiger partial charge on any atom is 0.136 e. The molecule has 0 saturated carbocycles. The fourth-order valence-corrected chi connectivity index (χ4v) is 1.95. The van der Waals surface area contributed by atoms with Crippen LogP contribution in [0.4, 0.5) is 11.5 Å². The van der Waals surface area contributed by atoms with Crippen LogP contribution in [-0.4, -0.2) is 17.0 Å². The molecular formula is C15H16N4. The van der Waals surface area contributed by atoms with Crippen LogP contribution >= 0.6 is 0 Å². The number of rotatable bonds is 4. The molecule has 4 heteroatoms. The Hall–Kier alpha value is -2.41. The predicted octanol–water partition coefficient (Wildman–Crippen LogP) is 3.07. The van der Waals surface area contributed by atoms with Gasteiger partial charge in [-0.2, -0.15) is 5.26 Å². The maximum atomic E-state index is 9.14. The van der Waals surface area contributed by atoms with E-state index in [0.717, 1.165) is 30.0 Å². The molecule has 1 aromatic carbocycles. The molecule has 1 aromatic heterocycles. The number of aromatic nitrogens is 2. The second-order valence-corrected chi connectivity index (χ2v) is 4.31. The molecule has 1 heterocycles. The zero-order valence-corrected chi connectivity index (χ0v) is 11.2. The molecule has 0 aliphatic heterocycles. The first-order chi connectivity index (χ1) is 9.26. The summed E-state index contributed by atoms with van der Waals surface area (Å²) in [6.07, 6.45) is 3.56. The average molecular weight is 252 g/mol. The Balaban J connectivity index is 2.36. The minimum atomic E-state index is 0.639. The summed E-state index contributed by atoms with van der Waals surface area (Å²) >= 11 is 0. The van der Waals surface area contributed by atoms with Gasteiger partial charge in [0.2, 0.25) is 0 Å².